The summed E-state index contributed by atoms with van der Waals surface area (Å²) < 4.78 is 16.7. The van der Waals surface area contributed by atoms with Crippen molar-refractivity contribution in [2.75, 3.05) is 38.1 Å². The number of pyridine rings is 1. The molecule has 2 fully saturated rings. The van der Waals surface area contributed by atoms with Gasteiger partial charge in [0.05, 0.1) is 11.2 Å². The summed E-state index contributed by atoms with van der Waals surface area (Å²) in [6.45, 7) is 7.50. The summed E-state index contributed by atoms with van der Waals surface area (Å²) in [5, 5.41) is 0.491. The van der Waals surface area contributed by atoms with E-state index in [1.54, 1.807) is 6.07 Å². The summed E-state index contributed by atoms with van der Waals surface area (Å²) in [5.41, 5.74) is 1.39. The largest absolute Gasteiger partial charge is 0.367 e. The number of hydrogen-bond donors (Lipinski definition) is 0. The first-order valence-electron chi connectivity index (χ1n) is 8.91. The van der Waals surface area contributed by atoms with E-state index in [1.165, 1.54) is 6.07 Å². The summed E-state index contributed by atoms with van der Waals surface area (Å²) in [6, 6.07) is 5.31. The number of likely N-dealkylation sites (N-methyl/N-ethyl adjacent to an activating group) is 1. The summed E-state index contributed by atoms with van der Waals surface area (Å²) in [4.78, 5) is 16.4. The summed E-state index contributed by atoms with van der Waals surface area (Å²) in [7, 11) is 2.08. The first kappa shape index (κ1) is 17.0. The Morgan fingerprint density at radius 3 is 2.38 bits per heavy atom. The van der Waals surface area contributed by atoms with E-state index in [0.29, 0.717) is 17.1 Å². The molecule has 2 heterocycles. The second-order valence-electron chi connectivity index (χ2n) is 6.43. The number of benzene rings is 1. The molecule has 0 radical (unpaired) electrons. The van der Waals surface area contributed by atoms with Gasteiger partial charge in [-0.1, -0.05) is 13.8 Å². The van der Waals surface area contributed by atoms with E-state index in [4.69, 9.17) is 0 Å². The van der Waals surface area contributed by atoms with Gasteiger partial charge < -0.3 is 14.4 Å². The van der Waals surface area contributed by atoms with Crippen LogP contribution in [0, 0.1) is 5.82 Å². The second kappa shape index (κ2) is 6.93. The number of anilines is 1. The van der Waals surface area contributed by atoms with Gasteiger partial charge in [-0.3, -0.25) is 4.79 Å². The maximum absolute atomic E-state index is 14.5. The highest BCUT2D eigenvalue weighted by molar-refractivity contribution is 5.83. The van der Waals surface area contributed by atoms with Crippen LogP contribution in [0.3, 0.4) is 0 Å². The molecule has 1 saturated carbocycles. The van der Waals surface area contributed by atoms with E-state index < -0.39 is 0 Å². The van der Waals surface area contributed by atoms with E-state index in [1.807, 2.05) is 26.1 Å². The van der Waals surface area contributed by atoms with Crippen LogP contribution in [0.1, 0.15) is 32.7 Å². The molecule has 2 aromatic rings. The molecule has 2 aliphatic rings. The van der Waals surface area contributed by atoms with Gasteiger partial charge in [0.15, 0.2) is 5.43 Å². The molecule has 130 valence electrons. The number of piperazine rings is 1. The highest BCUT2D eigenvalue weighted by atomic mass is 19.1. The van der Waals surface area contributed by atoms with Crippen molar-refractivity contribution in [1.82, 2.24) is 9.47 Å². The molecule has 0 unspecified atom stereocenters. The SMILES string of the molecule is CC.CN1CCN(c2cc3c(cc2F)c(=O)ccn3C2CC2)CC1. The Labute approximate surface area is 142 Å². The van der Waals surface area contributed by atoms with Crippen LogP contribution in [-0.2, 0) is 0 Å². The lowest BCUT2D eigenvalue weighted by Crippen LogP contribution is -2.44. The summed E-state index contributed by atoms with van der Waals surface area (Å²) in [5.74, 6) is -0.289. The molecule has 1 aliphatic heterocycles. The molecule has 0 bridgehead atoms. The minimum absolute atomic E-state index is 0.101. The molecule has 24 heavy (non-hydrogen) atoms. The lowest BCUT2D eigenvalue weighted by Gasteiger charge is -2.34. The Balaban J connectivity index is 0.000000815. The molecular formula is C19H26FN3O. The topological polar surface area (TPSA) is 28.5 Å². The van der Waals surface area contributed by atoms with Crippen molar-refractivity contribution in [3.05, 3.63) is 40.4 Å². The highest BCUT2D eigenvalue weighted by Gasteiger charge is 2.25. The maximum atomic E-state index is 14.5. The Hall–Kier alpha value is -1.88. The van der Waals surface area contributed by atoms with Gasteiger partial charge in [0.1, 0.15) is 5.82 Å². The van der Waals surface area contributed by atoms with Gasteiger partial charge in [0, 0.05) is 49.9 Å². The third-order valence-electron chi connectivity index (χ3n) is 4.78. The molecule has 5 heteroatoms. The number of fused-ring (bicyclic) bond motifs is 1. The molecule has 0 spiro atoms. The fourth-order valence-corrected chi connectivity index (χ4v) is 3.24. The van der Waals surface area contributed by atoms with Crippen molar-refractivity contribution >= 4 is 16.6 Å². The van der Waals surface area contributed by atoms with Crippen molar-refractivity contribution in [2.45, 2.75) is 32.7 Å². The standard InChI is InChI=1S/C17H20FN3O.C2H6/c1-19-6-8-20(9-7-19)16-11-15-13(10-14(16)18)17(22)4-5-21(15)12-2-3-12;1-2/h4-5,10-12H,2-3,6-9H2,1H3;1-2H3. The van der Waals surface area contributed by atoms with E-state index in [-0.39, 0.29) is 11.2 Å². The Kier molecular flexibility index (Phi) is 4.90. The summed E-state index contributed by atoms with van der Waals surface area (Å²) >= 11 is 0. The average molecular weight is 331 g/mol. The van der Waals surface area contributed by atoms with Crippen molar-refractivity contribution in [2.24, 2.45) is 0 Å². The van der Waals surface area contributed by atoms with Crippen LogP contribution in [0.5, 0.6) is 0 Å². The predicted octanol–water partition coefficient (Wildman–Crippen LogP) is 3.25. The Morgan fingerprint density at radius 2 is 1.75 bits per heavy atom. The van der Waals surface area contributed by atoms with Gasteiger partial charge in [0.2, 0.25) is 0 Å². The van der Waals surface area contributed by atoms with Crippen molar-refractivity contribution in [3.8, 4) is 0 Å². The monoisotopic (exact) mass is 331 g/mol. The molecule has 0 atom stereocenters. The average Bonchev–Trinajstić information content (AvgIpc) is 3.43. The molecule has 1 aromatic heterocycles. The molecular weight excluding hydrogens is 305 g/mol. The molecule has 4 rings (SSSR count). The fraction of sp³-hybridized carbons (Fsp3) is 0.526. The van der Waals surface area contributed by atoms with E-state index in [0.717, 1.165) is 44.5 Å². The van der Waals surface area contributed by atoms with Crippen molar-refractivity contribution in [3.63, 3.8) is 0 Å². The van der Waals surface area contributed by atoms with Crippen LogP contribution in [-0.4, -0.2) is 42.7 Å². The van der Waals surface area contributed by atoms with Gasteiger partial charge in [-0.25, -0.2) is 4.39 Å². The van der Waals surface area contributed by atoms with Gasteiger partial charge in [-0.05, 0) is 32.0 Å². The maximum Gasteiger partial charge on any atom is 0.189 e. The smallest absolute Gasteiger partial charge is 0.189 e. The zero-order valence-electron chi connectivity index (χ0n) is 14.8. The minimum atomic E-state index is -0.289. The number of nitrogens with zero attached hydrogens (tertiary/aromatic N) is 3. The number of rotatable bonds is 2. The third-order valence-corrected chi connectivity index (χ3v) is 4.78. The van der Waals surface area contributed by atoms with E-state index in [9.17, 15) is 9.18 Å². The van der Waals surface area contributed by atoms with Crippen molar-refractivity contribution in [1.29, 1.82) is 0 Å². The first-order valence-corrected chi connectivity index (χ1v) is 8.91. The Morgan fingerprint density at radius 1 is 1.08 bits per heavy atom. The lowest BCUT2D eigenvalue weighted by atomic mass is 10.1. The van der Waals surface area contributed by atoms with Gasteiger partial charge >= 0.3 is 0 Å². The van der Waals surface area contributed by atoms with E-state index >= 15 is 0 Å². The first-order chi connectivity index (χ1) is 11.6. The van der Waals surface area contributed by atoms with Crippen LogP contribution in [0.2, 0.25) is 0 Å². The molecule has 0 N–H and O–H groups in total. The normalized spacial score (nSPS) is 18.4. The number of hydrogen-bond acceptors (Lipinski definition) is 3. The molecule has 0 amide bonds. The highest BCUT2D eigenvalue weighted by Crippen LogP contribution is 2.37. The lowest BCUT2D eigenvalue weighted by molar-refractivity contribution is 0.312. The van der Waals surface area contributed by atoms with Crippen molar-refractivity contribution < 1.29 is 4.39 Å². The van der Waals surface area contributed by atoms with Crippen LogP contribution >= 0.6 is 0 Å². The zero-order valence-corrected chi connectivity index (χ0v) is 14.8. The minimum Gasteiger partial charge on any atom is -0.367 e. The van der Waals surface area contributed by atoms with Gasteiger partial charge in [-0.15, -0.1) is 0 Å². The quantitative estimate of drug-likeness (QED) is 0.846. The van der Waals surface area contributed by atoms with Gasteiger partial charge in [-0.2, -0.15) is 0 Å². The van der Waals surface area contributed by atoms with Crippen LogP contribution in [0.25, 0.3) is 10.9 Å². The molecule has 1 aliphatic carbocycles. The molecule has 1 saturated heterocycles. The second-order valence-corrected chi connectivity index (χ2v) is 6.43. The zero-order chi connectivity index (χ0) is 17.3. The number of halogens is 1. The third kappa shape index (κ3) is 3.18. The fourth-order valence-electron chi connectivity index (χ4n) is 3.24. The molecule has 4 nitrogen and oxygen atoms in total. The Bertz CT molecular complexity index is 774. The predicted molar refractivity (Wildman–Crippen MR) is 97.5 cm³/mol. The number of aromatic nitrogens is 1. The van der Waals surface area contributed by atoms with Crippen LogP contribution in [0.4, 0.5) is 10.1 Å². The van der Waals surface area contributed by atoms with Crippen LogP contribution < -0.4 is 10.3 Å². The van der Waals surface area contributed by atoms with E-state index in [2.05, 4.69) is 21.4 Å². The van der Waals surface area contributed by atoms with Gasteiger partial charge in [0.25, 0.3) is 0 Å². The summed E-state index contributed by atoms with van der Waals surface area (Å²) in [6.07, 6.45) is 4.13. The van der Waals surface area contributed by atoms with Crippen LogP contribution in [0.15, 0.2) is 29.2 Å². The molecule has 1 aromatic carbocycles.